The van der Waals surface area contributed by atoms with Crippen LogP contribution < -0.4 is 5.56 Å². The zero-order valence-electron chi connectivity index (χ0n) is 14.6. The lowest BCUT2D eigenvalue weighted by Gasteiger charge is -2.15. The number of aryl methyl sites for hydroxylation is 1. The Bertz CT molecular complexity index is 1100. The number of hydrogen-bond donors (Lipinski definition) is 0. The summed E-state index contributed by atoms with van der Waals surface area (Å²) in [5.74, 6) is -0.601. The molecule has 0 N–H and O–H groups in total. The van der Waals surface area contributed by atoms with Crippen LogP contribution >= 0.6 is 0 Å². The summed E-state index contributed by atoms with van der Waals surface area (Å²) >= 11 is 0. The number of esters is 1. The van der Waals surface area contributed by atoms with Crippen molar-refractivity contribution in [1.82, 2.24) is 4.40 Å². The summed E-state index contributed by atoms with van der Waals surface area (Å²) in [7, 11) is 1.27. The van der Waals surface area contributed by atoms with Crippen molar-refractivity contribution >= 4 is 11.5 Å². The van der Waals surface area contributed by atoms with Gasteiger partial charge in [-0.15, -0.1) is 0 Å². The lowest BCUT2D eigenvalue weighted by molar-refractivity contribution is 0.0598. The number of carbonyl (C=O) groups excluding carboxylic acids is 1. The second-order valence-corrected chi connectivity index (χ2v) is 6.67. The molecule has 26 heavy (non-hydrogen) atoms. The second-order valence-electron chi connectivity index (χ2n) is 6.67. The van der Waals surface area contributed by atoms with Gasteiger partial charge in [-0.2, -0.15) is 0 Å². The lowest BCUT2D eigenvalue weighted by Crippen LogP contribution is -2.24. The molecule has 132 valence electrons. The summed E-state index contributed by atoms with van der Waals surface area (Å²) in [5.41, 5.74) is 3.95. The first-order chi connectivity index (χ1) is 12.5. The highest BCUT2D eigenvalue weighted by atomic mass is 19.1. The van der Waals surface area contributed by atoms with Gasteiger partial charge in [-0.3, -0.25) is 9.20 Å². The van der Waals surface area contributed by atoms with Gasteiger partial charge in [0.25, 0.3) is 5.56 Å². The highest BCUT2D eigenvalue weighted by Crippen LogP contribution is 2.43. The third-order valence-corrected chi connectivity index (χ3v) is 4.97. The molecule has 1 aliphatic carbocycles. The highest BCUT2D eigenvalue weighted by molar-refractivity contribution is 5.90. The number of rotatable bonds is 3. The average molecular weight is 351 g/mol. The molecule has 4 nitrogen and oxygen atoms in total. The van der Waals surface area contributed by atoms with Gasteiger partial charge < -0.3 is 4.74 Å². The second kappa shape index (κ2) is 6.09. The van der Waals surface area contributed by atoms with Crippen LogP contribution in [0, 0.1) is 12.7 Å². The van der Waals surface area contributed by atoms with Crippen molar-refractivity contribution in [1.29, 1.82) is 0 Å². The maximum atomic E-state index is 13.7. The van der Waals surface area contributed by atoms with Crippen molar-refractivity contribution in [3.05, 3.63) is 75.5 Å². The van der Waals surface area contributed by atoms with E-state index >= 15 is 0 Å². The van der Waals surface area contributed by atoms with Crippen molar-refractivity contribution in [2.24, 2.45) is 0 Å². The monoisotopic (exact) mass is 351 g/mol. The quantitative estimate of drug-likeness (QED) is 0.668. The van der Waals surface area contributed by atoms with Gasteiger partial charge in [-0.05, 0) is 72.2 Å². The Morgan fingerprint density at radius 1 is 1.23 bits per heavy atom. The maximum absolute atomic E-state index is 13.7. The number of methoxy groups -OCH3 is 1. The van der Waals surface area contributed by atoms with Crippen LogP contribution in [0.4, 0.5) is 4.39 Å². The van der Waals surface area contributed by atoms with Crippen molar-refractivity contribution < 1.29 is 13.9 Å². The minimum absolute atomic E-state index is 0.0461. The Morgan fingerprint density at radius 3 is 2.65 bits per heavy atom. The molecule has 1 saturated carbocycles. The number of fused-ring (bicyclic) bond motifs is 1. The predicted octanol–water partition coefficient (Wildman–Crippen LogP) is 4.08. The number of pyridine rings is 2. The van der Waals surface area contributed by atoms with E-state index in [0.717, 1.165) is 40.6 Å². The van der Waals surface area contributed by atoms with Gasteiger partial charge in [-0.25, -0.2) is 9.18 Å². The smallest absolute Gasteiger partial charge is 0.343 e. The van der Waals surface area contributed by atoms with E-state index in [4.69, 9.17) is 4.74 Å². The average Bonchev–Trinajstić information content (AvgIpc) is 3.47. The van der Waals surface area contributed by atoms with E-state index in [1.165, 1.54) is 23.6 Å². The van der Waals surface area contributed by atoms with Crippen molar-refractivity contribution in [2.45, 2.75) is 25.7 Å². The van der Waals surface area contributed by atoms with E-state index in [1.807, 2.05) is 13.0 Å². The molecule has 0 bridgehead atoms. The normalized spacial score (nSPS) is 13.8. The SMILES string of the molecule is COC(=O)c1cc(C2CC2)c2c(C)c(-c3cccc(F)c3)ccn2c1=O. The first-order valence-electron chi connectivity index (χ1n) is 8.54. The molecule has 3 aromatic rings. The molecule has 4 rings (SSSR count). The number of ether oxygens (including phenoxy) is 1. The van der Waals surface area contributed by atoms with E-state index in [1.54, 1.807) is 24.4 Å². The van der Waals surface area contributed by atoms with Gasteiger partial charge in [0.15, 0.2) is 0 Å². The number of aromatic nitrogens is 1. The Morgan fingerprint density at radius 2 is 2.00 bits per heavy atom. The van der Waals surface area contributed by atoms with Gasteiger partial charge in [0, 0.05) is 6.20 Å². The summed E-state index contributed by atoms with van der Waals surface area (Å²) in [6, 6.07) is 9.86. The minimum atomic E-state index is -0.627. The molecule has 0 amide bonds. The van der Waals surface area contributed by atoms with E-state index < -0.39 is 11.5 Å². The fraction of sp³-hybridized carbons (Fsp3) is 0.238. The Balaban J connectivity index is 2.04. The van der Waals surface area contributed by atoms with Crippen LogP contribution in [-0.2, 0) is 4.74 Å². The van der Waals surface area contributed by atoms with E-state index in [9.17, 15) is 14.0 Å². The van der Waals surface area contributed by atoms with E-state index in [0.29, 0.717) is 5.92 Å². The van der Waals surface area contributed by atoms with Crippen LogP contribution in [0.2, 0.25) is 0 Å². The summed E-state index contributed by atoms with van der Waals surface area (Å²) in [4.78, 5) is 24.8. The largest absolute Gasteiger partial charge is 0.465 e. The van der Waals surface area contributed by atoms with E-state index in [2.05, 4.69) is 0 Å². The van der Waals surface area contributed by atoms with Gasteiger partial charge in [0.05, 0.1) is 12.6 Å². The molecule has 0 unspecified atom stereocenters. The summed E-state index contributed by atoms with van der Waals surface area (Å²) in [6.45, 7) is 1.93. The topological polar surface area (TPSA) is 47.8 Å². The zero-order chi connectivity index (χ0) is 18.4. The number of nitrogens with zero attached hydrogens (tertiary/aromatic N) is 1. The van der Waals surface area contributed by atoms with Crippen molar-refractivity contribution in [2.75, 3.05) is 7.11 Å². The Hall–Kier alpha value is -2.95. The number of benzene rings is 1. The van der Waals surface area contributed by atoms with Gasteiger partial charge in [0.2, 0.25) is 0 Å². The molecule has 0 spiro atoms. The lowest BCUT2D eigenvalue weighted by atomic mass is 9.96. The molecule has 1 aliphatic rings. The van der Waals surface area contributed by atoms with Crippen LogP contribution in [-0.4, -0.2) is 17.5 Å². The molecule has 0 aliphatic heterocycles. The number of carbonyl (C=O) groups is 1. The molecule has 1 aromatic carbocycles. The van der Waals surface area contributed by atoms with Gasteiger partial charge >= 0.3 is 5.97 Å². The summed E-state index contributed by atoms with van der Waals surface area (Å²) in [5, 5.41) is 0. The third-order valence-electron chi connectivity index (χ3n) is 4.97. The molecular formula is C21H18FNO3. The Kier molecular flexibility index (Phi) is 3.87. The Labute approximate surface area is 149 Å². The molecule has 5 heteroatoms. The summed E-state index contributed by atoms with van der Waals surface area (Å²) in [6.07, 6.45) is 3.71. The van der Waals surface area contributed by atoms with Crippen LogP contribution in [0.5, 0.6) is 0 Å². The van der Waals surface area contributed by atoms with Gasteiger partial charge in [0.1, 0.15) is 11.4 Å². The maximum Gasteiger partial charge on any atom is 0.343 e. The highest BCUT2D eigenvalue weighted by Gasteiger charge is 2.29. The molecule has 2 heterocycles. The number of hydrogen-bond acceptors (Lipinski definition) is 3. The first kappa shape index (κ1) is 16.5. The van der Waals surface area contributed by atoms with Gasteiger partial charge in [-0.1, -0.05) is 12.1 Å². The molecule has 0 radical (unpaired) electrons. The fourth-order valence-corrected chi connectivity index (χ4v) is 3.53. The third kappa shape index (κ3) is 2.60. The van der Waals surface area contributed by atoms with Crippen molar-refractivity contribution in [3.63, 3.8) is 0 Å². The number of halogens is 1. The summed E-state index contributed by atoms with van der Waals surface area (Å²) < 4.78 is 19.9. The van der Waals surface area contributed by atoms with Crippen LogP contribution in [0.3, 0.4) is 0 Å². The van der Waals surface area contributed by atoms with Crippen molar-refractivity contribution in [3.8, 4) is 11.1 Å². The minimum Gasteiger partial charge on any atom is -0.465 e. The molecule has 1 fully saturated rings. The molecular weight excluding hydrogens is 333 g/mol. The van der Waals surface area contributed by atoms with Crippen LogP contribution in [0.1, 0.15) is 40.2 Å². The predicted molar refractivity (Wildman–Crippen MR) is 97.1 cm³/mol. The molecule has 0 saturated heterocycles. The first-order valence-corrected chi connectivity index (χ1v) is 8.54. The fourth-order valence-electron chi connectivity index (χ4n) is 3.53. The molecule has 0 atom stereocenters. The van der Waals surface area contributed by atoms with Crippen LogP contribution in [0.25, 0.3) is 16.6 Å². The molecule has 2 aromatic heterocycles. The zero-order valence-corrected chi connectivity index (χ0v) is 14.6. The van der Waals surface area contributed by atoms with Crippen LogP contribution in [0.15, 0.2) is 47.4 Å². The standard InChI is InChI=1S/C21H18FNO3/c1-12-16(14-4-3-5-15(22)10-14)8-9-23-19(12)17(13-6-7-13)11-18(20(23)24)21(25)26-2/h3-5,8-11,13H,6-7H2,1-2H3. The van der Waals surface area contributed by atoms with E-state index in [-0.39, 0.29) is 11.4 Å².